The van der Waals surface area contributed by atoms with E-state index in [0.29, 0.717) is 5.52 Å². The number of nitrogens with one attached hydrogen (secondary N) is 1. The minimum Gasteiger partial charge on any atom is -0.479 e. The number of anilines is 1. The third-order valence-electron chi connectivity index (χ3n) is 5.15. The second kappa shape index (κ2) is 9.43. The first-order chi connectivity index (χ1) is 16.9. The van der Waals surface area contributed by atoms with Gasteiger partial charge in [0.15, 0.2) is 23.3 Å². The smallest absolute Gasteiger partial charge is 0.422 e. The van der Waals surface area contributed by atoms with E-state index in [4.69, 9.17) is 11.6 Å². The molecule has 36 heavy (non-hydrogen) atoms. The van der Waals surface area contributed by atoms with E-state index in [-0.39, 0.29) is 33.5 Å². The summed E-state index contributed by atoms with van der Waals surface area (Å²) in [6.07, 6.45) is -3.20. The number of aromatic nitrogens is 4. The van der Waals surface area contributed by atoms with Crippen molar-refractivity contribution in [2.45, 2.75) is 12.7 Å². The summed E-state index contributed by atoms with van der Waals surface area (Å²) in [5, 5.41) is 3.66. The fraction of sp³-hybridized carbons (Fsp3) is 0.238. The summed E-state index contributed by atoms with van der Waals surface area (Å²) in [4.78, 5) is 41.3. The molecule has 9 nitrogen and oxygen atoms in total. The Morgan fingerprint density at radius 2 is 1.92 bits per heavy atom. The molecule has 0 unspecified atom stereocenters. The van der Waals surface area contributed by atoms with Gasteiger partial charge in [0.25, 0.3) is 5.56 Å². The number of hydrogen-bond donors (Lipinski definition) is 1. The van der Waals surface area contributed by atoms with Gasteiger partial charge in [0.05, 0.1) is 16.2 Å². The normalized spacial score (nSPS) is 11.8. The Bertz CT molecular complexity index is 1600. The zero-order chi connectivity index (χ0) is 26.4. The molecular formula is C21H16ClF4N5O4S. The Hall–Kier alpha value is -3.65. The highest BCUT2D eigenvalue weighted by Crippen LogP contribution is 2.37. The molecule has 0 radical (unpaired) electrons. The number of thiazole rings is 1. The SMILES string of the molecule is Cn1c(=O)c2c(ccn2CC(=O)Nc2nc(-c3ccc(Cl)c(OCC(F)(F)F)c3F)cs2)n(C)c1=O. The third-order valence-corrected chi connectivity index (χ3v) is 6.21. The van der Waals surface area contributed by atoms with Crippen LogP contribution in [0.5, 0.6) is 5.75 Å². The number of hydrogen-bond acceptors (Lipinski definition) is 6. The summed E-state index contributed by atoms with van der Waals surface area (Å²) < 4.78 is 60.4. The van der Waals surface area contributed by atoms with E-state index in [2.05, 4.69) is 15.0 Å². The highest BCUT2D eigenvalue weighted by atomic mass is 35.5. The number of nitrogens with zero attached hydrogens (tertiary/aromatic N) is 4. The molecule has 0 saturated carbocycles. The first-order valence-electron chi connectivity index (χ1n) is 10.1. The van der Waals surface area contributed by atoms with Crippen LogP contribution in [0.3, 0.4) is 0 Å². The molecule has 1 aromatic carbocycles. The van der Waals surface area contributed by atoms with Crippen molar-refractivity contribution in [2.24, 2.45) is 14.1 Å². The number of halogens is 5. The molecule has 4 aromatic rings. The maximum Gasteiger partial charge on any atom is 0.422 e. The maximum atomic E-state index is 14.8. The number of ether oxygens (including phenoxy) is 1. The summed E-state index contributed by atoms with van der Waals surface area (Å²) in [7, 11) is 2.83. The Balaban J connectivity index is 1.54. The van der Waals surface area contributed by atoms with Crippen LogP contribution in [0, 0.1) is 5.82 Å². The van der Waals surface area contributed by atoms with E-state index in [0.717, 1.165) is 15.9 Å². The average Bonchev–Trinajstić information content (AvgIpc) is 3.42. The Kier molecular flexibility index (Phi) is 6.66. The van der Waals surface area contributed by atoms with E-state index in [1.807, 2.05) is 0 Å². The number of carbonyl (C=O) groups is 1. The molecule has 0 bridgehead atoms. The Labute approximate surface area is 208 Å². The molecule has 0 aliphatic heterocycles. The highest BCUT2D eigenvalue weighted by Gasteiger charge is 2.30. The Morgan fingerprint density at radius 3 is 2.61 bits per heavy atom. The molecule has 15 heteroatoms. The van der Waals surface area contributed by atoms with Gasteiger partial charge in [0.1, 0.15) is 12.1 Å². The van der Waals surface area contributed by atoms with Crippen molar-refractivity contribution in [1.82, 2.24) is 18.7 Å². The Morgan fingerprint density at radius 1 is 1.19 bits per heavy atom. The monoisotopic (exact) mass is 545 g/mol. The zero-order valence-corrected chi connectivity index (χ0v) is 20.1. The van der Waals surface area contributed by atoms with Gasteiger partial charge in [-0.05, 0) is 18.2 Å². The van der Waals surface area contributed by atoms with Gasteiger partial charge in [0, 0.05) is 31.2 Å². The molecule has 1 amide bonds. The van der Waals surface area contributed by atoms with Gasteiger partial charge in [-0.2, -0.15) is 13.2 Å². The standard InChI is InChI=1S/C21H16ClF4N5O4S/c1-29-13-5-6-31(16(13)18(33)30(2)20(29)34)7-14(32)28-19-27-12(8-36-19)10-3-4-11(22)17(15(10)23)35-9-21(24,25)26/h3-6,8H,7,9H2,1-2H3,(H,27,28,32). The molecule has 0 saturated heterocycles. The molecule has 190 valence electrons. The van der Waals surface area contributed by atoms with Crippen molar-refractivity contribution in [1.29, 1.82) is 0 Å². The van der Waals surface area contributed by atoms with Gasteiger partial charge >= 0.3 is 11.9 Å². The van der Waals surface area contributed by atoms with Gasteiger partial charge in [-0.3, -0.25) is 18.7 Å². The topological polar surface area (TPSA) is 100 Å². The number of amides is 1. The van der Waals surface area contributed by atoms with Crippen molar-refractivity contribution in [3.05, 3.63) is 61.5 Å². The van der Waals surface area contributed by atoms with Crippen LogP contribution in [-0.4, -0.2) is 37.4 Å². The molecular weight excluding hydrogens is 530 g/mol. The fourth-order valence-electron chi connectivity index (χ4n) is 3.45. The quantitative estimate of drug-likeness (QED) is 0.374. The second-order valence-corrected chi connectivity index (χ2v) is 8.88. The number of rotatable bonds is 6. The average molecular weight is 546 g/mol. The maximum absolute atomic E-state index is 14.8. The molecule has 0 atom stereocenters. The number of fused-ring (bicyclic) bond motifs is 1. The minimum absolute atomic E-state index is 0.0385. The van der Waals surface area contributed by atoms with Crippen molar-refractivity contribution in [3.63, 3.8) is 0 Å². The lowest BCUT2D eigenvalue weighted by Gasteiger charge is -2.12. The first-order valence-corrected chi connectivity index (χ1v) is 11.3. The lowest BCUT2D eigenvalue weighted by atomic mass is 10.1. The molecule has 0 aliphatic carbocycles. The lowest BCUT2D eigenvalue weighted by Crippen LogP contribution is -2.37. The zero-order valence-electron chi connectivity index (χ0n) is 18.5. The molecule has 4 rings (SSSR count). The molecule has 3 heterocycles. The van der Waals surface area contributed by atoms with Crippen LogP contribution in [0.2, 0.25) is 5.02 Å². The van der Waals surface area contributed by atoms with Crippen LogP contribution in [0.25, 0.3) is 22.3 Å². The summed E-state index contributed by atoms with van der Waals surface area (Å²) >= 11 is 6.74. The second-order valence-electron chi connectivity index (χ2n) is 7.61. The van der Waals surface area contributed by atoms with E-state index < -0.39 is 41.5 Å². The van der Waals surface area contributed by atoms with Gasteiger partial charge < -0.3 is 14.6 Å². The van der Waals surface area contributed by atoms with Gasteiger partial charge in [-0.15, -0.1) is 11.3 Å². The van der Waals surface area contributed by atoms with Gasteiger partial charge in [-0.1, -0.05) is 11.6 Å². The van der Waals surface area contributed by atoms with E-state index in [9.17, 15) is 31.9 Å². The number of carbonyl (C=O) groups excluding carboxylic acids is 1. The van der Waals surface area contributed by atoms with Crippen LogP contribution in [0.1, 0.15) is 0 Å². The highest BCUT2D eigenvalue weighted by molar-refractivity contribution is 7.14. The molecule has 0 aliphatic rings. The van der Waals surface area contributed by atoms with Crippen LogP contribution in [0.15, 0.2) is 39.4 Å². The molecule has 0 fully saturated rings. The predicted molar refractivity (Wildman–Crippen MR) is 125 cm³/mol. The summed E-state index contributed by atoms with van der Waals surface area (Å²) in [6.45, 7) is -2.01. The number of aryl methyl sites for hydroxylation is 1. The molecule has 0 spiro atoms. The largest absolute Gasteiger partial charge is 0.479 e. The van der Waals surface area contributed by atoms with Gasteiger partial charge in [0.2, 0.25) is 5.91 Å². The van der Waals surface area contributed by atoms with Crippen LogP contribution >= 0.6 is 22.9 Å². The van der Waals surface area contributed by atoms with Crippen LogP contribution in [-0.2, 0) is 25.4 Å². The summed E-state index contributed by atoms with van der Waals surface area (Å²) in [6, 6.07) is 3.94. The molecule has 3 aromatic heterocycles. The predicted octanol–water partition coefficient (Wildman–Crippen LogP) is 3.53. The molecule has 1 N–H and O–H groups in total. The van der Waals surface area contributed by atoms with E-state index in [1.165, 1.54) is 53.0 Å². The lowest BCUT2D eigenvalue weighted by molar-refractivity contribution is -0.153. The van der Waals surface area contributed by atoms with Crippen LogP contribution < -0.4 is 21.3 Å². The van der Waals surface area contributed by atoms with Crippen molar-refractivity contribution in [3.8, 4) is 17.0 Å². The van der Waals surface area contributed by atoms with Gasteiger partial charge in [-0.25, -0.2) is 14.2 Å². The summed E-state index contributed by atoms with van der Waals surface area (Å²) in [5.41, 5.74) is -0.695. The third kappa shape index (κ3) is 4.86. The number of benzene rings is 1. The first kappa shape index (κ1) is 25.4. The van der Waals surface area contributed by atoms with Crippen molar-refractivity contribution in [2.75, 3.05) is 11.9 Å². The fourth-order valence-corrected chi connectivity index (χ4v) is 4.38. The van der Waals surface area contributed by atoms with Crippen molar-refractivity contribution < 1.29 is 27.1 Å². The van der Waals surface area contributed by atoms with E-state index >= 15 is 0 Å². The van der Waals surface area contributed by atoms with Crippen molar-refractivity contribution >= 4 is 45.0 Å². The minimum atomic E-state index is -4.69. The summed E-state index contributed by atoms with van der Waals surface area (Å²) in [5.74, 6) is -2.45. The number of alkyl halides is 3. The van der Waals surface area contributed by atoms with E-state index in [1.54, 1.807) is 0 Å². The van der Waals surface area contributed by atoms with Crippen LogP contribution in [0.4, 0.5) is 22.7 Å².